The van der Waals surface area contributed by atoms with Crippen LogP contribution in [0.5, 0.6) is 11.6 Å². The monoisotopic (exact) mass is 372 g/mol. The average molecular weight is 372 g/mol. The molecule has 6 heteroatoms. The first-order valence-electron chi connectivity index (χ1n) is 9.17. The maximum atomic E-state index is 9.72. The van der Waals surface area contributed by atoms with E-state index in [0.717, 1.165) is 34.6 Å². The molecule has 0 saturated carbocycles. The van der Waals surface area contributed by atoms with E-state index < -0.39 is 0 Å². The number of fused-ring (bicyclic) bond motifs is 1. The minimum atomic E-state index is -0.347. The third-order valence-corrected chi connectivity index (χ3v) is 4.69. The van der Waals surface area contributed by atoms with Crippen molar-refractivity contribution < 1.29 is 9.47 Å². The Labute approximate surface area is 163 Å². The van der Waals surface area contributed by atoms with Crippen molar-refractivity contribution in [2.75, 3.05) is 6.61 Å². The number of benzene rings is 2. The quantitative estimate of drug-likeness (QED) is 0.703. The Kier molecular flexibility index (Phi) is 4.73. The third-order valence-electron chi connectivity index (χ3n) is 4.69. The fourth-order valence-corrected chi connectivity index (χ4v) is 3.38. The van der Waals surface area contributed by atoms with Crippen LogP contribution in [0.4, 0.5) is 0 Å². The smallest absolute Gasteiger partial charge is 0.244 e. The highest BCUT2D eigenvalue weighted by molar-refractivity contribution is 5.71. The average Bonchev–Trinajstić information content (AvgIpc) is 3.15. The second-order valence-corrected chi connectivity index (χ2v) is 6.53. The van der Waals surface area contributed by atoms with E-state index in [2.05, 4.69) is 23.2 Å². The van der Waals surface area contributed by atoms with Crippen LogP contribution in [0.15, 0.2) is 66.1 Å². The van der Waals surface area contributed by atoms with Gasteiger partial charge in [-0.1, -0.05) is 37.3 Å². The van der Waals surface area contributed by atoms with Crippen LogP contribution in [0, 0.1) is 11.3 Å². The summed E-state index contributed by atoms with van der Waals surface area (Å²) in [4.78, 5) is 0. The fourth-order valence-electron chi connectivity index (χ4n) is 3.38. The van der Waals surface area contributed by atoms with Crippen molar-refractivity contribution in [2.24, 2.45) is 5.73 Å². The number of nitriles is 1. The van der Waals surface area contributed by atoms with Gasteiger partial charge in [0.1, 0.15) is 17.4 Å². The second kappa shape index (κ2) is 7.49. The standard InChI is InChI=1S/C22H20N4O2/c1-2-12-27-16-10-8-15(9-11-16)20-19-18(14-6-4-3-5-7-14)17(13-23)21(24)28-22(19)26-25-20/h3-11,18H,2,12,24H2,1H3,(H,25,26)/t18-/m1/s1. The molecule has 0 radical (unpaired) electrons. The largest absolute Gasteiger partial charge is 0.494 e. The Morgan fingerprint density at radius 2 is 1.93 bits per heavy atom. The molecule has 0 bridgehead atoms. The van der Waals surface area contributed by atoms with Crippen LogP contribution >= 0.6 is 0 Å². The number of nitrogens with zero attached hydrogens (tertiary/aromatic N) is 2. The van der Waals surface area contributed by atoms with Gasteiger partial charge in [0, 0.05) is 5.56 Å². The lowest BCUT2D eigenvalue weighted by atomic mass is 9.83. The molecular weight excluding hydrogens is 352 g/mol. The molecular formula is C22H20N4O2. The topological polar surface area (TPSA) is 97.0 Å². The van der Waals surface area contributed by atoms with Crippen molar-refractivity contribution in [1.82, 2.24) is 10.2 Å². The molecule has 1 atom stereocenters. The van der Waals surface area contributed by atoms with Crippen molar-refractivity contribution in [3.05, 3.63) is 77.2 Å². The van der Waals surface area contributed by atoms with Crippen molar-refractivity contribution in [1.29, 1.82) is 5.26 Å². The molecule has 6 nitrogen and oxygen atoms in total. The van der Waals surface area contributed by atoms with E-state index in [1.165, 1.54) is 0 Å². The Morgan fingerprint density at radius 1 is 1.18 bits per heavy atom. The maximum Gasteiger partial charge on any atom is 0.244 e. The van der Waals surface area contributed by atoms with Crippen molar-refractivity contribution >= 4 is 0 Å². The second-order valence-electron chi connectivity index (χ2n) is 6.53. The van der Waals surface area contributed by atoms with Gasteiger partial charge in [-0.2, -0.15) is 5.26 Å². The number of aromatic nitrogens is 2. The van der Waals surface area contributed by atoms with E-state index in [0.29, 0.717) is 18.1 Å². The van der Waals surface area contributed by atoms with Gasteiger partial charge in [-0.05, 0) is 36.2 Å². The first-order valence-corrected chi connectivity index (χ1v) is 9.17. The van der Waals surface area contributed by atoms with Gasteiger partial charge in [0.15, 0.2) is 0 Å². The molecule has 140 valence electrons. The Hall–Kier alpha value is -3.72. The molecule has 1 aliphatic rings. The normalized spacial score (nSPS) is 15.5. The molecule has 28 heavy (non-hydrogen) atoms. The van der Waals surface area contributed by atoms with Crippen LogP contribution in [0.3, 0.4) is 0 Å². The summed E-state index contributed by atoms with van der Waals surface area (Å²) in [5.74, 6) is 0.952. The molecule has 3 N–H and O–H groups in total. The lowest BCUT2D eigenvalue weighted by Gasteiger charge is -2.24. The first-order chi connectivity index (χ1) is 13.7. The minimum Gasteiger partial charge on any atom is -0.494 e. The summed E-state index contributed by atoms with van der Waals surface area (Å²) in [6, 6.07) is 19.8. The maximum absolute atomic E-state index is 9.72. The van der Waals surface area contributed by atoms with Gasteiger partial charge in [0.25, 0.3) is 0 Å². The predicted octanol–water partition coefficient (Wildman–Crippen LogP) is 4.08. The van der Waals surface area contributed by atoms with Gasteiger partial charge in [-0.15, -0.1) is 5.10 Å². The Bertz CT molecular complexity index is 1050. The van der Waals surface area contributed by atoms with E-state index in [4.69, 9.17) is 15.2 Å². The lowest BCUT2D eigenvalue weighted by molar-refractivity contribution is 0.317. The van der Waals surface area contributed by atoms with Crippen molar-refractivity contribution in [2.45, 2.75) is 19.3 Å². The first kappa shape index (κ1) is 17.7. The molecule has 0 fully saturated rings. The van der Waals surface area contributed by atoms with Crippen LogP contribution in [-0.4, -0.2) is 16.8 Å². The van der Waals surface area contributed by atoms with Gasteiger partial charge in [0.2, 0.25) is 11.8 Å². The molecule has 0 spiro atoms. The number of rotatable bonds is 5. The zero-order valence-corrected chi connectivity index (χ0v) is 15.5. The number of ether oxygens (including phenoxy) is 2. The zero-order chi connectivity index (χ0) is 19.5. The van der Waals surface area contributed by atoms with E-state index >= 15 is 0 Å². The summed E-state index contributed by atoms with van der Waals surface area (Å²) >= 11 is 0. The molecule has 1 aliphatic heterocycles. The van der Waals surface area contributed by atoms with E-state index in [9.17, 15) is 5.26 Å². The fraction of sp³-hybridized carbons (Fsp3) is 0.182. The number of allylic oxidation sites excluding steroid dienone is 1. The summed E-state index contributed by atoms with van der Waals surface area (Å²) in [5, 5.41) is 17.1. The van der Waals surface area contributed by atoms with Crippen molar-refractivity contribution in [3.63, 3.8) is 0 Å². The van der Waals surface area contributed by atoms with Gasteiger partial charge < -0.3 is 15.2 Å². The molecule has 0 saturated heterocycles. The number of H-pyrrole nitrogens is 1. The van der Waals surface area contributed by atoms with Crippen molar-refractivity contribution in [3.8, 4) is 29.0 Å². The molecule has 4 rings (SSSR count). The van der Waals surface area contributed by atoms with Crippen LogP contribution in [0.25, 0.3) is 11.3 Å². The molecule has 2 heterocycles. The molecule has 0 aliphatic carbocycles. The van der Waals surface area contributed by atoms with E-state index in [-0.39, 0.29) is 11.8 Å². The Balaban J connectivity index is 1.80. The van der Waals surface area contributed by atoms with E-state index in [1.807, 2.05) is 54.6 Å². The van der Waals surface area contributed by atoms with Crippen LogP contribution in [0.2, 0.25) is 0 Å². The summed E-state index contributed by atoms with van der Waals surface area (Å²) in [7, 11) is 0. The van der Waals surface area contributed by atoms with Gasteiger partial charge >= 0.3 is 0 Å². The van der Waals surface area contributed by atoms with Crippen LogP contribution < -0.4 is 15.2 Å². The summed E-state index contributed by atoms with van der Waals surface area (Å²) in [5.41, 5.74) is 9.88. The highest BCUT2D eigenvalue weighted by Crippen LogP contribution is 2.45. The summed E-state index contributed by atoms with van der Waals surface area (Å²) < 4.78 is 11.3. The van der Waals surface area contributed by atoms with Crippen LogP contribution in [-0.2, 0) is 0 Å². The molecule has 2 aromatic carbocycles. The highest BCUT2D eigenvalue weighted by Gasteiger charge is 2.35. The van der Waals surface area contributed by atoms with Gasteiger partial charge in [-0.3, -0.25) is 5.10 Å². The summed E-state index contributed by atoms with van der Waals surface area (Å²) in [6.45, 7) is 2.75. The zero-order valence-electron chi connectivity index (χ0n) is 15.5. The molecule has 0 amide bonds. The molecule has 0 unspecified atom stereocenters. The van der Waals surface area contributed by atoms with E-state index in [1.54, 1.807) is 0 Å². The lowest BCUT2D eigenvalue weighted by Crippen LogP contribution is -2.20. The number of hydrogen-bond acceptors (Lipinski definition) is 5. The SMILES string of the molecule is CCCOc1ccc(-c2[nH]nc3c2[C@H](c2ccccc2)C(C#N)=C(N)O3)cc1. The number of nitrogens with one attached hydrogen (secondary N) is 1. The Morgan fingerprint density at radius 3 is 2.61 bits per heavy atom. The summed E-state index contributed by atoms with van der Waals surface area (Å²) in [6.07, 6.45) is 0.955. The number of nitrogens with two attached hydrogens (primary N) is 1. The molecule has 3 aromatic rings. The predicted molar refractivity (Wildman–Crippen MR) is 106 cm³/mol. The highest BCUT2D eigenvalue weighted by atomic mass is 16.5. The van der Waals surface area contributed by atoms with Gasteiger partial charge in [0.05, 0.1) is 23.8 Å². The minimum absolute atomic E-state index is 0.0882. The van der Waals surface area contributed by atoms with Gasteiger partial charge in [-0.25, -0.2) is 0 Å². The van der Waals surface area contributed by atoms with Crippen LogP contribution in [0.1, 0.15) is 30.4 Å². The molecule has 1 aromatic heterocycles. The number of hydrogen-bond donors (Lipinski definition) is 2. The number of aromatic amines is 1. The third kappa shape index (κ3) is 3.08.